The lowest BCUT2D eigenvalue weighted by Crippen LogP contribution is -2.39. The van der Waals surface area contributed by atoms with E-state index in [1.807, 2.05) is 11.3 Å². The number of aliphatic hydroxyl groups excluding tert-OH is 1. The van der Waals surface area contributed by atoms with Gasteiger partial charge in [-0.3, -0.25) is 0 Å². The van der Waals surface area contributed by atoms with Gasteiger partial charge in [0.1, 0.15) is 0 Å². The largest absolute Gasteiger partial charge is 0.387 e. The molecular weight excluding hydrogens is 244 g/mol. The SMILES string of the molecule is CCC1CCCCN1c1nc2c(s1)CCCC2O. The number of aliphatic hydroxyl groups is 1. The van der Waals surface area contributed by atoms with E-state index in [1.54, 1.807) is 0 Å². The molecule has 1 N–H and O–H groups in total. The second-order valence-corrected chi connectivity index (χ2v) is 6.53. The second kappa shape index (κ2) is 5.17. The van der Waals surface area contributed by atoms with Crippen molar-refractivity contribution in [3.05, 3.63) is 10.6 Å². The van der Waals surface area contributed by atoms with Crippen molar-refractivity contribution in [1.29, 1.82) is 0 Å². The Morgan fingerprint density at radius 3 is 3.00 bits per heavy atom. The van der Waals surface area contributed by atoms with Gasteiger partial charge in [0.05, 0.1) is 11.8 Å². The average Bonchev–Trinajstić information content (AvgIpc) is 2.84. The Hall–Kier alpha value is -0.610. The molecule has 0 radical (unpaired) electrons. The van der Waals surface area contributed by atoms with Crippen molar-refractivity contribution in [3.8, 4) is 0 Å². The van der Waals surface area contributed by atoms with Crippen molar-refractivity contribution < 1.29 is 5.11 Å². The molecule has 18 heavy (non-hydrogen) atoms. The number of rotatable bonds is 2. The standard InChI is InChI=1S/C14H22N2OS/c1-2-10-6-3-4-9-16(10)14-15-13-11(17)7-5-8-12(13)18-14/h10-11,17H,2-9H2,1H3. The van der Waals surface area contributed by atoms with E-state index in [0.29, 0.717) is 6.04 Å². The van der Waals surface area contributed by atoms with Crippen molar-refractivity contribution in [2.75, 3.05) is 11.4 Å². The van der Waals surface area contributed by atoms with Gasteiger partial charge in [0.2, 0.25) is 0 Å². The molecule has 1 fully saturated rings. The first-order valence-corrected chi connectivity index (χ1v) is 8.05. The Morgan fingerprint density at radius 2 is 2.22 bits per heavy atom. The number of anilines is 1. The summed E-state index contributed by atoms with van der Waals surface area (Å²) < 4.78 is 0. The summed E-state index contributed by atoms with van der Waals surface area (Å²) >= 11 is 1.82. The Balaban J connectivity index is 1.87. The summed E-state index contributed by atoms with van der Waals surface area (Å²) in [5.74, 6) is 0. The van der Waals surface area contributed by atoms with E-state index in [9.17, 15) is 5.11 Å². The molecule has 2 heterocycles. The number of aromatic nitrogens is 1. The van der Waals surface area contributed by atoms with Crippen molar-refractivity contribution in [1.82, 2.24) is 4.98 Å². The molecule has 2 atom stereocenters. The highest BCUT2D eigenvalue weighted by atomic mass is 32.1. The molecule has 3 rings (SSSR count). The molecule has 100 valence electrons. The Bertz CT molecular complexity index is 418. The number of aryl methyl sites for hydroxylation is 1. The maximum atomic E-state index is 10.0. The molecule has 2 unspecified atom stereocenters. The van der Waals surface area contributed by atoms with Crippen molar-refractivity contribution in [3.63, 3.8) is 0 Å². The Morgan fingerprint density at radius 1 is 1.33 bits per heavy atom. The minimum Gasteiger partial charge on any atom is -0.387 e. The van der Waals surface area contributed by atoms with Gasteiger partial charge >= 0.3 is 0 Å². The smallest absolute Gasteiger partial charge is 0.186 e. The van der Waals surface area contributed by atoms with Gasteiger partial charge in [0.15, 0.2) is 5.13 Å². The fourth-order valence-corrected chi connectivity index (χ4v) is 4.44. The van der Waals surface area contributed by atoms with Crippen molar-refractivity contribution in [2.45, 2.75) is 64.0 Å². The zero-order valence-electron chi connectivity index (χ0n) is 11.1. The summed E-state index contributed by atoms with van der Waals surface area (Å²) in [6.07, 6.45) is 7.90. The first-order chi connectivity index (χ1) is 8.79. The molecule has 1 aliphatic carbocycles. The lowest BCUT2D eigenvalue weighted by molar-refractivity contribution is 0.153. The molecule has 1 aromatic rings. The molecule has 4 heteroatoms. The van der Waals surface area contributed by atoms with Crippen LogP contribution in [0, 0.1) is 0 Å². The minimum atomic E-state index is -0.316. The molecule has 1 aliphatic heterocycles. The predicted octanol–water partition coefficient (Wildman–Crippen LogP) is 3.28. The second-order valence-electron chi connectivity index (χ2n) is 5.46. The first kappa shape index (κ1) is 12.4. The summed E-state index contributed by atoms with van der Waals surface area (Å²) in [6, 6.07) is 0.656. The number of fused-ring (bicyclic) bond motifs is 1. The van der Waals surface area contributed by atoms with Gasteiger partial charge in [-0.05, 0) is 44.9 Å². The van der Waals surface area contributed by atoms with Crippen LogP contribution in [0.2, 0.25) is 0 Å². The van der Waals surface area contributed by atoms with Crippen LogP contribution in [0.25, 0.3) is 0 Å². The number of nitrogens with zero attached hydrogens (tertiary/aromatic N) is 2. The van der Waals surface area contributed by atoms with E-state index >= 15 is 0 Å². The number of hydrogen-bond donors (Lipinski definition) is 1. The van der Waals surface area contributed by atoms with Gasteiger partial charge in [-0.15, -0.1) is 11.3 Å². The fraction of sp³-hybridized carbons (Fsp3) is 0.786. The van der Waals surface area contributed by atoms with Crippen LogP contribution in [0.5, 0.6) is 0 Å². The summed E-state index contributed by atoms with van der Waals surface area (Å²) in [5.41, 5.74) is 0.974. The average molecular weight is 266 g/mol. The van der Waals surface area contributed by atoms with E-state index in [4.69, 9.17) is 4.98 Å². The van der Waals surface area contributed by atoms with Gasteiger partial charge in [-0.25, -0.2) is 4.98 Å². The lowest BCUT2D eigenvalue weighted by Gasteiger charge is -2.35. The van der Waals surface area contributed by atoms with Gasteiger partial charge in [-0.2, -0.15) is 0 Å². The fourth-order valence-electron chi connectivity index (χ4n) is 3.18. The highest BCUT2D eigenvalue weighted by Crippen LogP contribution is 2.38. The summed E-state index contributed by atoms with van der Waals surface area (Å²) in [6.45, 7) is 3.41. The van der Waals surface area contributed by atoms with Crippen LogP contribution in [-0.2, 0) is 6.42 Å². The number of thiazole rings is 1. The summed E-state index contributed by atoms with van der Waals surface area (Å²) in [4.78, 5) is 8.56. The van der Waals surface area contributed by atoms with Gasteiger partial charge in [0, 0.05) is 17.5 Å². The number of hydrogen-bond acceptors (Lipinski definition) is 4. The van der Waals surface area contributed by atoms with Gasteiger partial charge < -0.3 is 10.0 Å². The third-order valence-corrected chi connectivity index (χ3v) is 5.43. The zero-order chi connectivity index (χ0) is 12.5. The van der Waals surface area contributed by atoms with E-state index in [0.717, 1.165) is 36.6 Å². The highest BCUT2D eigenvalue weighted by molar-refractivity contribution is 7.15. The van der Waals surface area contributed by atoms with E-state index in [2.05, 4.69) is 11.8 Å². The van der Waals surface area contributed by atoms with Crippen LogP contribution in [0.4, 0.5) is 5.13 Å². The topological polar surface area (TPSA) is 36.4 Å². The molecule has 0 spiro atoms. The molecule has 0 bridgehead atoms. The van der Waals surface area contributed by atoms with Gasteiger partial charge in [-0.1, -0.05) is 6.92 Å². The Labute approximate surface area is 113 Å². The maximum Gasteiger partial charge on any atom is 0.186 e. The van der Waals surface area contributed by atoms with E-state index in [1.165, 1.54) is 30.6 Å². The quantitative estimate of drug-likeness (QED) is 0.892. The molecule has 0 aromatic carbocycles. The van der Waals surface area contributed by atoms with Crippen LogP contribution in [0.3, 0.4) is 0 Å². The maximum absolute atomic E-state index is 10.0. The van der Waals surface area contributed by atoms with Crippen molar-refractivity contribution in [2.24, 2.45) is 0 Å². The normalized spacial score (nSPS) is 28.2. The molecule has 3 nitrogen and oxygen atoms in total. The zero-order valence-corrected chi connectivity index (χ0v) is 11.9. The third kappa shape index (κ3) is 2.16. The van der Waals surface area contributed by atoms with Crippen LogP contribution in [0.1, 0.15) is 62.1 Å². The summed E-state index contributed by atoms with van der Waals surface area (Å²) in [7, 11) is 0. The molecular formula is C14H22N2OS. The molecule has 0 amide bonds. The van der Waals surface area contributed by atoms with Crippen LogP contribution in [0.15, 0.2) is 0 Å². The van der Waals surface area contributed by atoms with Crippen molar-refractivity contribution >= 4 is 16.5 Å². The van der Waals surface area contributed by atoms with Crippen LogP contribution < -0.4 is 4.90 Å². The molecule has 2 aliphatic rings. The monoisotopic (exact) mass is 266 g/mol. The number of piperidine rings is 1. The van der Waals surface area contributed by atoms with Crippen LogP contribution >= 0.6 is 11.3 Å². The highest BCUT2D eigenvalue weighted by Gasteiger charge is 2.28. The minimum absolute atomic E-state index is 0.316. The summed E-state index contributed by atoms with van der Waals surface area (Å²) in [5, 5.41) is 11.2. The lowest BCUT2D eigenvalue weighted by atomic mass is 10.00. The van der Waals surface area contributed by atoms with E-state index in [-0.39, 0.29) is 6.10 Å². The predicted molar refractivity (Wildman–Crippen MR) is 75.3 cm³/mol. The van der Waals surface area contributed by atoms with Crippen LogP contribution in [-0.4, -0.2) is 22.7 Å². The molecule has 1 aromatic heterocycles. The molecule has 0 saturated carbocycles. The third-order valence-electron chi connectivity index (χ3n) is 4.26. The van der Waals surface area contributed by atoms with Gasteiger partial charge in [0.25, 0.3) is 0 Å². The first-order valence-electron chi connectivity index (χ1n) is 7.24. The molecule has 1 saturated heterocycles. The Kier molecular flexibility index (Phi) is 3.57. The van der Waals surface area contributed by atoms with E-state index < -0.39 is 0 Å².